The van der Waals surface area contributed by atoms with Crippen molar-refractivity contribution < 1.29 is 9.50 Å². The Labute approximate surface area is 106 Å². The van der Waals surface area contributed by atoms with Crippen LogP contribution in [0.5, 0.6) is 0 Å². The third kappa shape index (κ3) is 3.18. The Balaban J connectivity index is 2.09. The topological polar surface area (TPSA) is 46.2 Å². The summed E-state index contributed by atoms with van der Waals surface area (Å²) in [6, 6.07) is 4.75. The minimum Gasteiger partial charge on any atom is -0.390 e. The molecular formula is C13H17ClFNO. The molecule has 0 radical (unpaired) electrons. The van der Waals surface area contributed by atoms with Crippen LogP contribution in [0, 0.1) is 5.82 Å². The monoisotopic (exact) mass is 257 g/mol. The first-order valence-electron chi connectivity index (χ1n) is 5.90. The van der Waals surface area contributed by atoms with Crippen LogP contribution in [0.1, 0.15) is 31.2 Å². The van der Waals surface area contributed by atoms with Crippen molar-refractivity contribution in [2.24, 2.45) is 5.73 Å². The Morgan fingerprint density at radius 1 is 1.41 bits per heavy atom. The van der Waals surface area contributed by atoms with E-state index in [1.54, 1.807) is 12.1 Å². The summed E-state index contributed by atoms with van der Waals surface area (Å²) in [5, 5.41) is 10.8. The second kappa shape index (κ2) is 4.92. The summed E-state index contributed by atoms with van der Waals surface area (Å²) in [6.07, 6.45) is 3.20. The molecule has 2 rings (SSSR count). The first-order valence-corrected chi connectivity index (χ1v) is 6.28. The molecule has 0 spiro atoms. The number of aliphatic hydroxyl groups is 1. The predicted octanol–water partition coefficient (Wildman–Crippen LogP) is 2.65. The molecule has 0 amide bonds. The zero-order chi connectivity index (χ0) is 12.5. The largest absolute Gasteiger partial charge is 0.390 e. The molecule has 0 aromatic heterocycles. The van der Waals surface area contributed by atoms with Gasteiger partial charge in [0.25, 0.3) is 0 Å². The molecule has 0 atom stereocenters. The molecule has 1 saturated carbocycles. The lowest BCUT2D eigenvalue weighted by molar-refractivity contribution is -0.000454. The SMILES string of the molecule is NC1CCC(O)(Cc2ccc(Cl)cc2F)CC1. The molecule has 0 saturated heterocycles. The zero-order valence-corrected chi connectivity index (χ0v) is 10.4. The van der Waals surface area contributed by atoms with Crippen molar-refractivity contribution in [3.8, 4) is 0 Å². The highest BCUT2D eigenvalue weighted by Gasteiger charge is 2.32. The van der Waals surface area contributed by atoms with Crippen molar-refractivity contribution in [1.29, 1.82) is 0 Å². The van der Waals surface area contributed by atoms with Gasteiger partial charge in [-0.25, -0.2) is 4.39 Å². The number of halogens is 2. The smallest absolute Gasteiger partial charge is 0.127 e. The molecule has 0 heterocycles. The molecule has 3 N–H and O–H groups in total. The minimum absolute atomic E-state index is 0.172. The fourth-order valence-corrected chi connectivity index (χ4v) is 2.53. The lowest BCUT2D eigenvalue weighted by Gasteiger charge is -2.35. The Hall–Kier alpha value is -0.640. The number of nitrogens with two attached hydrogens (primary N) is 1. The van der Waals surface area contributed by atoms with E-state index in [1.165, 1.54) is 6.07 Å². The maximum absolute atomic E-state index is 13.6. The van der Waals surface area contributed by atoms with Crippen molar-refractivity contribution >= 4 is 11.6 Å². The van der Waals surface area contributed by atoms with E-state index in [2.05, 4.69) is 0 Å². The maximum atomic E-state index is 13.6. The summed E-state index contributed by atoms with van der Waals surface area (Å²) in [5.41, 5.74) is 5.50. The van der Waals surface area contributed by atoms with E-state index < -0.39 is 5.60 Å². The van der Waals surface area contributed by atoms with Crippen LogP contribution in [0.15, 0.2) is 18.2 Å². The highest BCUT2D eigenvalue weighted by molar-refractivity contribution is 6.30. The van der Waals surface area contributed by atoms with Crippen LogP contribution in [0.4, 0.5) is 4.39 Å². The van der Waals surface area contributed by atoms with E-state index in [0.29, 0.717) is 29.8 Å². The van der Waals surface area contributed by atoms with Gasteiger partial charge in [-0.15, -0.1) is 0 Å². The quantitative estimate of drug-likeness (QED) is 0.856. The molecule has 1 aliphatic rings. The summed E-state index contributed by atoms with van der Waals surface area (Å²) >= 11 is 5.69. The number of hydrogen-bond donors (Lipinski definition) is 2. The fraction of sp³-hybridized carbons (Fsp3) is 0.538. The van der Waals surface area contributed by atoms with Crippen molar-refractivity contribution in [3.05, 3.63) is 34.6 Å². The average molecular weight is 258 g/mol. The van der Waals surface area contributed by atoms with Crippen molar-refractivity contribution in [3.63, 3.8) is 0 Å². The van der Waals surface area contributed by atoms with E-state index in [1.807, 2.05) is 0 Å². The van der Waals surface area contributed by atoms with Crippen LogP contribution < -0.4 is 5.73 Å². The summed E-state index contributed by atoms with van der Waals surface area (Å²) in [5.74, 6) is -0.346. The van der Waals surface area contributed by atoms with Gasteiger partial charge in [-0.3, -0.25) is 0 Å². The normalized spacial score (nSPS) is 29.3. The zero-order valence-electron chi connectivity index (χ0n) is 9.63. The minimum atomic E-state index is -0.815. The number of benzene rings is 1. The molecule has 17 heavy (non-hydrogen) atoms. The van der Waals surface area contributed by atoms with Gasteiger partial charge in [0.2, 0.25) is 0 Å². The summed E-state index contributed by atoms with van der Waals surface area (Å²) < 4.78 is 13.6. The van der Waals surface area contributed by atoms with E-state index in [9.17, 15) is 9.50 Å². The van der Waals surface area contributed by atoms with E-state index in [-0.39, 0.29) is 11.9 Å². The molecule has 0 unspecified atom stereocenters. The standard InChI is InChI=1S/C13H17ClFNO/c14-10-2-1-9(12(15)7-10)8-13(17)5-3-11(16)4-6-13/h1-2,7,11,17H,3-6,8,16H2. The fourth-order valence-electron chi connectivity index (χ4n) is 2.37. The Bertz CT molecular complexity index is 402. The molecule has 1 aliphatic carbocycles. The second-order valence-electron chi connectivity index (χ2n) is 4.97. The van der Waals surface area contributed by atoms with Gasteiger partial charge in [0, 0.05) is 17.5 Å². The molecule has 0 aliphatic heterocycles. The molecule has 1 aromatic carbocycles. The molecule has 2 nitrogen and oxygen atoms in total. The van der Waals surface area contributed by atoms with Gasteiger partial charge in [-0.1, -0.05) is 17.7 Å². The van der Waals surface area contributed by atoms with Crippen LogP contribution in [0.3, 0.4) is 0 Å². The van der Waals surface area contributed by atoms with Crippen molar-refractivity contribution in [2.75, 3.05) is 0 Å². The number of rotatable bonds is 2. The van der Waals surface area contributed by atoms with Gasteiger partial charge in [0.15, 0.2) is 0 Å². The Morgan fingerprint density at radius 2 is 2.06 bits per heavy atom. The van der Waals surface area contributed by atoms with Crippen LogP contribution in [-0.2, 0) is 6.42 Å². The molecule has 94 valence electrons. The van der Waals surface area contributed by atoms with Gasteiger partial charge in [-0.05, 0) is 43.4 Å². The molecular weight excluding hydrogens is 241 g/mol. The Kier molecular flexibility index (Phi) is 3.71. The van der Waals surface area contributed by atoms with Gasteiger partial charge < -0.3 is 10.8 Å². The third-order valence-electron chi connectivity index (χ3n) is 3.50. The average Bonchev–Trinajstić information content (AvgIpc) is 2.27. The highest BCUT2D eigenvalue weighted by atomic mass is 35.5. The van der Waals surface area contributed by atoms with E-state index >= 15 is 0 Å². The Morgan fingerprint density at radius 3 is 2.65 bits per heavy atom. The first-order chi connectivity index (χ1) is 7.98. The highest BCUT2D eigenvalue weighted by Crippen LogP contribution is 2.31. The first kappa shape index (κ1) is 12.8. The lowest BCUT2D eigenvalue weighted by Crippen LogP contribution is -2.40. The van der Waals surface area contributed by atoms with Gasteiger partial charge >= 0.3 is 0 Å². The van der Waals surface area contributed by atoms with Crippen LogP contribution in [0.2, 0.25) is 5.02 Å². The van der Waals surface area contributed by atoms with Crippen molar-refractivity contribution in [2.45, 2.75) is 43.7 Å². The molecule has 0 bridgehead atoms. The van der Waals surface area contributed by atoms with Gasteiger partial charge in [0.05, 0.1) is 5.60 Å². The maximum Gasteiger partial charge on any atom is 0.127 e. The third-order valence-corrected chi connectivity index (χ3v) is 3.73. The van der Waals surface area contributed by atoms with Crippen LogP contribution >= 0.6 is 11.6 Å². The van der Waals surface area contributed by atoms with E-state index in [4.69, 9.17) is 17.3 Å². The van der Waals surface area contributed by atoms with Crippen molar-refractivity contribution in [1.82, 2.24) is 0 Å². The number of hydrogen-bond acceptors (Lipinski definition) is 2. The van der Waals surface area contributed by atoms with Gasteiger partial charge in [-0.2, -0.15) is 0 Å². The predicted molar refractivity (Wildman–Crippen MR) is 66.5 cm³/mol. The van der Waals surface area contributed by atoms with E-state index in [0.717, 1.165) is 12.8 Å². The molecule has 1 aromatic rings. The van der Waals surface area contributed by atoms with Crippen LogP contribution in [0.25, 0.3) is 0 Å². The second-order valence-corrected chi connectivity index (χ2v) is 5.41. The van der Waals surface area contributed by atoms with Gasteiger partial charge in [0.1, 0.15) is 5.82 Å². The molecule has 4 heteroatoms. The summed E-state index contributed by atoms with van der Waals surface area (Å²) in [4.78, 5) is 0. The summed E-state index contributed by atoms with van der Waals surface area (Å²) in [7, 11) is 0. The lowest BCUT2D eigenvalue weighted by atomic mass is 9.79. The van der Waals surface area contributed by atoms with Crippen LogP contribution in [-0.4, -0.2) is 16.7 Å². The summed E-state index contributed by atoms with van der Waals surface area (Å²) in [6.45, 7) is 0. The molecule has 1 fully saturated rings.